The number of aryl methyl sites for hydroxylation is 1. The van der Waals surface area contributed by atoms with Crippen LogP contribution in [0.3, 0.4) is 0 Å². The highest BCUT2D eigenvalue weighted by atomic mass is 19.4. The SMILES string of the molecule is O=C(/C=C/c1cc2cc(F)ccc2n1-c1ccc(C(F)(F)F)cc1)Nc1cccc2c1CC(O)CC2. The Morgan fingerprint density at radius 3 is 2.58 bits per heavy atom. The predicted molar refractivity (Wildman–Crippen MR) is 130 cm³/mol. The highest BCUT2D eigenvalue weighted by molar-refractivity contribution is 6.03. The maximum Gasteiger partial charge on any atom is 0.416 e. The molecule has 1 aromatic heterocycles. The lowest BCUT2D eigenvalue weighted by Gasteiger charge is -2.23. The third-order valence-electron chi connectivity index (χ3n) is 6.37. The van der Waals surface area contributed by atoms with E-state index in [9.17, 15) is 27.5 Å². The molecule has 0 saturated heterocycles. The first kappa shape index (κ1) is 23.8. The van der Waals surface area contributed by atoms with Gasteiger partial charge in [0, 0.05) is 35.0 Å². The molecule has 1 amide bonds. The summed E-state index contributed by atoms with van der Waals surface area (Å²) in [5.41, 5.74) is 3.38. The Bertz CT molecular complexity index is 1470. The van der Waals surface area contributed by atoms with Crippen molar-refractivity contribution in [2.45, 2.75) is 31.5 Å². The summed E-state index contributed by atoms with van der Waals surface area (Å²) in [5.74, 6) is -0.852. The van der Waals surface area contributed by atoms with E-state index in [-0.39, 0.29) is 0 Å². The van der Waals surface area contributed by atoms with Crippen LogP contribution in [0.25, 0.3) is 22.7 Å². The number of aliphatic hydroxyl groups is 1. The number of benzene rings is 3. The number of anilines is 1. The number of aliphatic hydroxyl groups excluding tert-OH is 1. The fraction of sp³-hybridized carbons (Fsp3) is 0.179. The highest BCUT2D eigenvalue weighted by Crippen LogP contribution is 2.32. The van der Waals surface area contributed by atoms with E-state index in [2.05, 4.69) is 5.32 Å². The zero-order valence-corrected chi connectivity index (χ0v) is 19.0. The first-order valence-corrected chi connectivity index (χ1v) is 11.5. The monoisotopic (exact) mass is 494 g/mol. The van der Waals surface area contributed by atoms with Crippen LogP contribution >= 0.6 is 0 Å². The van der Waals surface area contributed by atoms with Gasteiger partial charge in [-0.05, 0) is 84.6 Å². The van der Waals surface area contributed by atoms with Crippen LogP contribution in [0, 0.1) is 5.82 Å². The van der Waals surface area contributed by atoms with Gasteiger partial charge < -0.3 is 15.0 Å². The molecule has 8 heteroatoms. The van der Waals surface area contributed by atoms with Gasteiger partial charge in [-0.15, -0.1) is 0 Å². The van der Waals surface area contributed by atoms with Crippen LogP contribution in [0.2, 0.25) is 0 Å². The van der Waals surface area contributed by atoms with Crippen molar-refractivity contribution >= 4 is 28.6 Å². The second-order valence-corrected chi connectivity index (χ2v) is 8.81. The molecular weight excluding hydrogens is 472 g/mol. The molecule has 0 bridgehead atoms. The Labute approximate surface area is 204 Å². The van der Waals surface area contributed by atoms with Crippen molar-refractivity contribution in [2.24, 2.45) is 0 Å². The van der Waals surface area contributed by atoms with Gasteiger partial charge in [0.25, 0.3) is 0 Å². The molecule has 0 aliphatic heterocycles. The lowest BCUT2D eigenvalue weighted by molar-refractivity contribution is -0.137. The number of hydrogen-bond acceptors (Lipinski definition) is 2. The first-order valence-electron chi connectivity index (χ1n) is 11.5. The number of carbonyl (C=O) groups excluding carboxylic acids is 1. The lowest BCUT2D eigenvalue weighted by Crippen LogP contribution is -2.21. The van der Waals surface area contributed by atoms with Crippen molar-refractivity contribution in [2.75, 3.05) is 5.32 Å². The van der Waals surface area contributed by atoms with E-state index >= 15 is 0 Å². The van der Waals surface area contributed by atoms with E-state index < -0.39 is 29.6 Å². The second-order valence-electron chi connectivity index (χ2n) is 8.81. The first-order chi connectivity index (χ1) is 17.2. The number of amides is 1. The minimum atomic E-state index is -4.46. The minimum absolute atomic E-state index is 0.404. The molecule has 1 aliphatic carbocycles. The summed E-state index contributed by atoms with van der Waals surface area (Å²) in [7, 11) is 0. The largest absolute Gasteiger partial charge is 0.416 e. The number of carbonyl (C=O) groups is 1. The van der Waals surface area contributed by atoms with Crippen molar-refractivity contribution in [3.63, 3.8) is 0 Å². The van der Waals surface area contributed by atoms with E-state index in [1.54, 1.807) is 22.8 Å². The van der Waals surface area contributed by atoms with Gasteiger partial charge >= 0.3 is 6.18 Å². The number of alkyl halides is 3. The number of rotatable bonds is 4. The molecule has 184 valence electrons. The quantitative estimate of drug-likeness (QED) is 0.259. The van der Waals surface area contributed by atoms with Crippen molar-refractivity contribution in [3.8, 4) is 5.69 Å². The summed E-state index contributed by atoms with van der Waals surface area (Å²) in [6, 6.07) is 16.1. The van der Waals surface area contributed by atoms with Gasteiger partial charge in [-0.3, -0.25) is 4.79 Å². The van der Waals surface area contributed by atoms with Crippen molar-refractivity contribution < 1.29 is 27.5 Å². The number of nitrogens with one attached hydrogen (secondary N) is 1. The zero-order chi connectivity index (χ0) is 25.4. The number of fused-ring (bicyclic) bond motifs is 2. The molecular formula is C28H22F4N2O2. The van der Waals surface area contributed by atoms with Crippen LogP contribution in [0.4, 0.5) is 23.2 Å². The van der Waals surface area contributed by atoms with Crippen molar-refractivity contribution in [3.05, 3.63) is 101 Å². The Hall–Kier alpha value is -3.91. The number of aromatic nitrogens is 1. The molecule has 4 aromatic rings. The lowest BCUT2D eigenvalue weighted by atomic mass is 9.88. The van der Waals surface area contributed by atoms with Gasteiger partial charge in [0.05, 0.1) is 17.2 Å². The second kappa shape index (κ2) is 9.28. The molecule has 2 N–H and O–H groups in total. The van der Waals surface area contributed by atoms with Crippen LogP contribution in [-0.2, 0) is 23.8 Å². The van der Waals surface area contributed by atoms with Gasteiger partial charge in [-0.1, -0.05) is 12.1 Å². The summed E-state index contributed by atoms with van der Waals surface area (Å²) in [6.07, 6.45) is -0.180. The van der Waals surface area contributed by atoms with Crippen LogP contribution in [0.1, 0.15) is 28.8 Å². The maximum atomic E-state index is 13.9. The minimum Gasteiger partial charge on any atom is -0.393 e. The van der Waals surface area contributed by atoms with Crippen LogP contribution in [0.5, 0.6) is 0 Å². The van der Waals surface area contributed by atoms with E-state index in [0.717, 1.165) is 29.7 Å². The Morgan fingerprint density at radius 1 is 1.06 bits per heavy atom. The predicted octanol–water partition coefficient (Wildman–Crippen LogP) is 6.29. The van der Waals surface area contributed by atoms with Crippen LogP contribution in [0.15, 0.2) is 72.8 Å². The van der Waals surface area contributed by atoms with E-state index in [0.29, 0.717) is 40.8 Å². The molecule has 3 aromatic carbocycles. The summed E-state index contributed by atoms with van der Waals surface area (Å²) in [6.45, 7) is 0. The summed E-state index contributed by atoms with van der Waals surface area (Å²) < 4.78 is 54.6. The van der Waals surface area contributed by atoms with Gasteiger partial charge in [0.1, 0.15) is 5.82 Å². The summed E-state index contributed by atoms with van der Waals surface area (Å²) in [4.78, 5) is 12.8. The molecule has 1 atom stereocenters. The average Bonchev–Trinajstić information content (AvgIpc) is 3.20. The third-order valence-corrected chi connectivity index (χ3v) is 6.37. The molecule has 1 unspecified atom stereocenters. The molecule has 5 rings (SSSR count). The van der Waals surface area contributed by atoms with E-state index in [4.69, 9.17) is 0 Å². The fourth-order valence-electron chi connectivity index (χ4n) is 4.64. The molecule has 0 fully saturated rings. The number of halogens is 4. The molecule has 0 spiro atoms. The standard InChI is InChI=1S/C28H22F4N2O2/c29-20-7-12-26-18(14-20)15-22(34(26)21-8-5-19(6-9-21)28(30,31)32)10-13-27(36)33-25-3-1-2-17-4-11-23(35)16-24(17)25/h1-3,5-10,12-15,23,35H,4,11,16H2,(H,33,36)/b13-10+. The topological polar surface area (TPSA) is 54.3 Å². The van der Waals surface area contributed by atoms with Crippen LogP contribution < -0.4 is 5.32 Å². The Balaban J connectivity index is 1.47. The van der Waals surface area contributed by atoms with Gasteiger partial charge in [0.2, 0.25) is 5.91 Å². The highest BCUT2D eigenvalue weighted by Gasteiger charge is 2.30. The van der Waals surface area contributed by atoms with Crippen LogP contribution in [-0.4, -0.2) is 21.7 Å². The molecule has 1 heterocycles. The number of nitrogens with zero attached hydrogens (tertiary/aromatic N) is 1. The Morgan fingerprint density at radius 2 is 1.83 bits per heavy atom. The molecule has 1 aliphatic rings. The normalized spacial score (nSPS) is 15.9. The third kappa shape index (κ3) is 4.77. The zero-order valence-electron chi connectivity index (χ0n) is 19.0. The summed E-state index contributed by atoms with van der Waals surface area (Å²) in [5, 5.41) is 13.4. The van der Waals surface area contributed by atoms with E-state index in [1.807, 2.05) is 12.1 Å². The van der Waals surface area contributed by atoms with Gasteiger partial charge in [-0.2, -0.15) is 13.2 Å². The molecule has 0 radical (unpaired) electrons. The van der Waals surface area contributed by atoms with Crippen molar-refractivity contribution in [1.82, 2.24) is 4.57 Å². The maximum absolute atomic E-state index is 13.9. The Kier molecular flexibility index (Phi) is 6.14. The van der Waals surface area contributed by atoms with Gasteiger partial charge in [-0.25, -0.2) is 4.39 Å². The average molecular weight is 494 g/mol. The molecule has 4 nitrogen and oxygen atoms in total. The summed E-state index contributed by atoms with van der Waals surface area (Å²) >= 11 is 0. The van der Waals surface area contributed by atoms with Gasteiger partial charge in [0.15, 0.2) is 0 Å². The smallest absolute Gasteiger partial charge is 0.393 e. The number of hydrogen-bond donors (Lipinski definition) is 2. The molecule has 0 saturated carbocycles. The fourth-order valence-corrected chi connectivity index (χ4v) is 4.64. The van der Waals surface area contributed by atoms with E-state index in [1.165, 1.54) is 36.4 Å². The molecule has 36 heavy (non-hydrogen) atoms. The van der Waals surface area contributed by atoms with Crippen molar-refractivity contribution in [1.29, 1.82) is 0 Å².